The second kappa shape index (κ2) is 7.57. The van der Waals surface area contributed by atoms with E-state index in [9.17, 15) is 18.0 Å². The summed E-state index contributed by atoms with van der Waals surface area (Å²) in [5.74, 6) is -1.91. The number of aromatic nitrogens is 1. The Morgan fingerprint density at radius 3 is 2.83 bits per heavy atom. The maximum atomic E-state index is 13.4. The van der Waals surface area contributed by atoms with Gasteiger partial charge in [-0.1, -0.05) is 6.07 Å². The number of H-pyrrole nitrogens is 1. The van der Waals surface area contributed by atoms with Crippen LogP contribution in [0.4, 0.5) is 18.9 Å². The summed E-state index contributed by atoms with van der Waals surface area (Å²) in [7, 11) is 0. The van der Waals surface area contributed by atoms with Gasteiger partial charge in [0.25, 0.3) is 0 Å². The molecule has 0 radical (unpaired) electrons. The van der Waals surface area contributed by atoms with Gasteiger partial charge in [-0.2, -0.15) is 8.78 Å². The Balaban J connectivity index is 2.07. The molecule has 0 saturated heterocycles. The van der Waals surface area contributed by atoms with Crippen molar-refractivity contribution in [2.75, 3.05) is 11.9 Å². The van der Waals surface area contributed by atoms with Crippen LogP contribution in [0.1, 0.15) is 23.0 Å². The minimum absolute atomic E-state index is 0.185. The highest BCUT2D eigenvalue weighted by Gasteiger charge is 2.14. The Morgan fingerprint density at radius 1 is 1.35 bits per heavy atom. The first kappa shape index (κ1) is 16.7. The lowest BCUT2D eigenvalue weighted by Gasteiger charge is -2.10. The van der Waals surface area contributed by atoms with Crippen LogP contribution in [0.3, 0.4) is 0 Å². The molecule has 1 aromatic carbocycles. The zero-order valence-electron chi connectivity index (χ0n) is 12.2. The topological polar surface area (TPSA) is 63.4 Å². The lowest BCUT2D eigenvalue weighted by molar-refractivity contribution is -0.0522. The number of hydrogen-bond acceptors (Lipinski definition) is 4. The summed E-state index contributed by atoms with van der Waals surface area (Å²) in [4.78, 5) is 14.5. The molecule has 0 saturated carbocycles. The molecule has 0 spiro atoms. The second-order valence-electron chi connectivity index (χ2n) is 4.48. The van der Waals surface area contributed by atoms with E-state index in [0.29, 0.717) is 11.3 Å². The van der Waals surface area contributed by atoms with E-state index < -0.39 is 24.1 Å². The summed E-state index contributed by atoms with van der Waals surface area (Å²) < 4.78 is 46.7. The van der Waals surface area contributed by atoms with E-state index in [1.54, 1.807) is 19.2 Å². The molecule has 8 heteroatoms. The molecule has 2 aromatic rings. The first-order chi connectivity index (χ1) is 11.0. The molecule has 0 atom stereocenters. The van der Waals surface area contributed by atoms with Crippen LogP contribution >= 0.6 is 0 Å². The van der Waals surface area contributed by atoms with Crippen LogP contribution in [0.5, 0.6) is 5.75 Å². The van der Waals surface area contributed by atoms with Crippen molar-refractivity contribution in [3.63, 3.8) is 0 Å². The summed E-state index contributed by atoms with van der Waals surface area (Å²) in [6, 6.07) is 5.27. The van der Waals surface area contributed by atoms with Crippen molar-refractivity contribution in [3.05, 3.63) is 47.5 Å². The molecular formula is C15H15F3N2O3. The molecule has 0 aliphatic carbocycles. The normalized spacial score (nSPS) is 10.7. The quantitative estimate of drug-likeness (QED) is 0.763. The van der Waals surface area contributed by atoms with E-state index in [4.69, 9.17) is 4.74 Å². The molecule has 0 fully saturated rings. The van der Waals surface area contributed by atoms with Gasteiger partial charge >= 0.3 is 12.6 Å². The van der Waals surface area contributed by atoms with Crippen molar-refractivity contribution in [3.8, 4) is 5.75 Å². The van der Waals surface area contributed by atoms with Gasteiger partial charge in [0.1, 0.15) is 5.69 Å². The van der Waals surface area contributed by atoms with Gasteiger partial charge in [0.05, 0.1) is 12.3 Å². The number of halogens is 3. The molecular weight excluding hydrogens is 313 g/mol. The Morgan fingerprint density at radius 2 is 2.13 bits per heavy atom. The zero-order chi connectivity index (χ0) is 16.8. The van der Waals surface area contributed by atoms with E-state index in [1.165, 1.54) is 12.1 Å². The highest BCUT2D eigenvalue weighted by Crippen LogP contribution is 2.22. The number of carbonyl (C=O) groups excluding carboxylic acids is 1. The third kappa shape index (κ3) is 4.41. The van der Waals surface area contributed by atoms with Crippen LogP contribution in [0.15, 0.2) is 30.5 Å². The molecule has 1 heterocycles. The average Bonchev–Trinajstić information content (AvgIpc) is 2.96. The summed E-state index contributed by atoms with van der Waals surface area (Å²) in [5, 5.41) is 2.95. The number of rotatable bonds is 7. The molecule has 0 aliphatic rings. The summed E-state index contributed by atoms with van der Waals surface area (Å²) in [6.45, 7) is -0.988. The first-order valence-corrected chi connectivity index (χ1v) is 6.83. The number of carbonyl (C=O) groups is 1. The van der Waals surface area contributed by atoms with Crippen molar-refractivity contribution in [2.24, 2.45) is 0 Å². The fourth-order valence-electron chi connectivity index (χ4n) is 1.93. The number of anilines is 1. The van der Waals surface area contributed by atoms with Crippen LogP contribution in [0.2, 0.25) is 0 Å². The smallest absolute Gasteiger partial charge is 0.387 e. The monoisotopic (exact) mass is 328 g/mol. The van der Waals surface area contributed by atoms with E-state index in [0.717, 1.165) is 6.07 Å². The molecule has 0 unspecified atom stereocenters. The molecule has 2 N–H and O–H groups in total. The molecule has 23 heavy (non-hydrogen) atoms. The van der Waals surface area contributed by atoms with Gasteiger partial charge in [0.2, 0.25) is 0 Å². The van der Waals surface area contributed by atoms with Crippen molar-refractivity contribution in [2.45, 2.75) is 20.1 Å². The van der Waals surface area contributed by atoms with Gasteiger partial charge in [-0.05, 0) is 30.7 Å². The van der Waals surface area contributed by atoms with Gasteiger partial charge in [-0.15, -0.1) is 0 Å². The number of alkyl halides is 2. The minimum Gasteiger partial charge on any atom is -0.461 e. The van der Waals surface area contributed by atoms with Crippen molar-refractivity contribution in [1.82, 2.24) is 4.98 Å². The Bertz CT molecular complexity index is 674. The third-order valence-electron chi connectivity index (χ3n) is 2.92. The van der Waals surface area contributed by atoms with Gasteiger partial charge in [-0.3, -0.25) is 0 Å². The van der Waals surface area contributed by atoms with Crippen LogP contribution in [0.25, 0.3) is 0 Å². The van der Waals surface area contributed by atoms with Gasteiger partial charge < -0.3 is 19.8 Å². The number of ether oxygens (including phenoxy) is 2. The summed E-state index contributed by atoms with van der Waals surface area (Å²) in [5.41, 5.74) is 1.25. The predicted molar refractivity (Wildman–Crippen MR) is 77.1 cm³/mol. The molecule has 0 aliphatic heterocycles. The van der Waals surface area contributed by atoms with E-state index in [-0.39, 0.29) is 18.8 Å². The second-order valence-corrected chi connectivity index (χ2v) is 4.48. The maximum Gasteiger partial charge on any atom is 0.387 e. The number of benzene rings is 1. The summed E-state index contributed by atoms with van der Waals surface area (Å²) in [6.07, 6.45) is 1.56. The predicted octanol–water partition coefficient (Wildman–Crippen LogP) is 3.54. The molecule has 124 valence electrons. The SMILES string of the molecule is CCOC(=O)c1[nH]ccc1NCc1ccc(F)c(OC(F)F)c1. The fraction of sp³-hybridized carbons (Fsp3) is 0.267. The van der Waals surface area contributed by atoms with Crippen LogP contribution in [-0.2, 0) is 11.3 Å². The molecule has 1 aromatic heterocycles. The van der Waals surface area contributed by atoms with E-state index in [1.807, 2.05) is 0 Å². The van der Waals surface area contributed by atoms with Gasteiger partial charge in [-0.25, -0.2) is 9.18 Å². The first-order valence-electron chi connectivity index (χ1n) is 6.83. The molecule has 5 nitrogen and oxygen atoms in total. The van der Waals surface area contributed by atoms with Crippen molar-refractivity contribution >= 4 is 11.7 Å². The number of hydrogen-bond donors (Lipinski definition) is 2. The number of esters is 1. The Kier molecular flexibility index (Phi) is 5.51. The van der Waals surface area contributed by atoms with E-state index in [2.05, 4.69) is 15.0 Å². The highest BCUT2D eigenvalue weighted by molar-refractivity contribution is 5.93. The van der Waals surface area contributed by atoms with E-state index >= 15 is 0 Å². The fourth-order valence-corrected chi connectivity index (χ4v) is 1.93. The zero-order valence-corrected chi connectivity index (χ0v) is 12.2. The highest BCUT2D eigenvalue weighted by atomic mass is 19.3. The average molecular weight is 328 g/mol. The molecule has 0 bridgehead atoms. The number of nitrogens with one attached hydrogen (secondary N) is 2. The standard InChI is InChI=1S/C15H15F3N2O3/c1-2-22-14(21)13-11(5-6-19-13)20-8-9-3-4-10(16)12(7-9)23-15(17)18/h3-7,15,19-20H,2,8H2,1H3. The lowest BCUT2D eigenvalue weighted by atomic mass is 10.2. The lowest BCUT2D eigenvalue weighted by Crippen LogP contribution is -2.09. The van der Waals surface area contributed by atoms with Crippen molar-refractivity contribution in [1.29, 1.82) is 0 Å². The maximum absolute atomic E-state index is 13.4. The molecule has 0 amide bonds. The Labute approximate surface area is 130 Å². The van der Waals surface area contributed by atoms with Crippen LogP contribution in [-0.4, -0.2) is 24.2 Å². The minimum atomic E-state index is -3.10. The summed E-state index contributed by atoms with van der Waals surface area (Å²) >= 11 is 0. The van der Waals surface area contributed by atoms with Crippen LogP contribution < -0.4 is 10.1 Å². The largest absolute Gasteiger partial charge is 0.461 e. The van der Waals surface area contributed by atoms with Gasteiger partial charge in [0, 0.05) is 12.7 Å². The van der Waals surface area contributed by atoms with Crippen LogP contribution in [0, 0.1) is 5.82 Å². The van der Waals surface area contributed by atoms with Gasteiger partial charge in [0.15, 0.2) is 11.6 Å². The third-order valence-corrected chi connectivity index (χ3v) is 2.92. The Hall–Kier alpha value is -2.64. The number of aromatic amines is 1. The van der Waals surface area contributed by atoms with Crippen molar-refractivity contribution < 1.29 is 27.4 Å². The molecule has 2 rings (SSSR count).